The Kier molecular flexibility index (Phi) is 4.82. The molecule has 2 aliphatic heterocycles. The maximum atomic E-state index is 12.4. The Morgan fingerprint density at radius 2 is 2.43 bits per heavy atom. The number of amides is 2. The molecule has 1 saturated heterocycles. The van der Waals surface area contributed by atoms with Crippen LogP contribution < -0.4 is 10.6 Å². The van der Waals surface area contributed by atoms with Gasteiger partial charge < -0.3 is 20.1 Å². The Bertz CT molecular complexity index is 553. The van der Waals surface area contributed by atoms with Crippen LogP contribution in [-0.4, -0.2) is 59.3 Å². The SMILES string of the molecule is COCCC1(NC(=O)NC2CCc3nc(C)nn3C2)CCOC1. The van der Waals surface area contributed by atoms with Gasteiger partial charge in [0.1, 0.15) is 11.6 Å². The zero-order chi connectivity index (χ0) is 16.3. The molecule has 2 N–H and O–H groups in total. The first-order valence-electron chi connectivity index (χ1n) is 8.16. The molecule has 1 aromatic heterocycles. The Hall–Kier alpha value is -1.67. The fourth-order valence-electron chi connectivity index (χ4n) is 3.28. The molecule has 2 amide bonds. The summed E-state index contributed by atoms with van der Waals surface area (Å²) in [5.74, 6) is 1.79. The molecule has 0 saturated carbocycles. The molecule has 0 bridgehead atoms. The van der Waals surface area contributed by atoms with Crippen molar-refractivity contribution >= 4 is 6.03 Å². The van der Waals surface area contributed by atoms with Crippen molar-refractivity contribution in [3.8, 4) is 0 Å². The Morgan fingerprint density at radius 3 is 3.17 bits per heavy atom. The van der Waals surface area contributed by atoms with Gasteiger partial charge in [-0.1, -0.05) is 0 Å². The largest absolute Gasteiger partial charge is 0.385 e. The van der Waals surface area contributed by atoms with Crippen molar-refractivity contribution in [2.45, 2.75) is 50.7 Å². The van der Waals surface area contributed by atoms with E-state index in [1.54, 1.807) is 7.11 Å². The first-order chi connectivity index (χ1) is 11.1. The minimum atomic E-state index is -0.316. The van der Waals surface area contributed by atoms with E-state index >= 15 is 0 Å². The number of carbonyl (C=O) groups is 1. The fourth-order valence-corrected chi connectivity index (χ4v) is 3.28. The average Bonchev–Trinajstić information content (AvgIpc) is 3.10. The van der Waals surface area contributed by atoms with Gasteiger partial charge in [-0.3, -0.25) is 0 Å². The molecule has 8 heteroatoms. The molecule has 23 heavy (non-hydrogen) atoms. The van der Waals surface area contributed by atoms with E-state index < -0.39 is 0 Å². The van der Waals surface area contributed by atoms with Crippen LogP contribution in [0.15, 0.2) is 0 Å². The van der Waals surface area contributed by atoms with Crippen LogP contribution in [0.25, 0.3) is 0 Å². The zero-order valence-electron chi connectivity index (χ0n) is 13.8. The third-order valence-electron chi connectivity index (χ3n) is 4.57. The number of urea groups is 1. The van der Waals surface area contributed by atoms with Crippen LogP contribution in [-0.2, 0) is 22.4 Å². The predicted molar refractivity (Wildman–Crippen MR) is 83.2 cm³/mol. The number of rotatable bonds is 5. The first kappa shape index (κ1) is 16.2. The van der Waals surface area contributed by atoms with Gasteiger partial charge in [0, 0.05) is 26.7 Å². The monoisotopic (exact) mass is 323 g/mol. The number of aryl methyl sites for hydroxylation is 2. The fraction of sp³-hybridized carbons (Fsp3) is 0.800. The van der Waals surface area contributed by atoms with Crippen molar-refractivity contribution in [2.75, 3.05) is 26.9 Å². The van der Waals surface area contributed by atoms with E-state index in [-0.39, 0.29) is 17.6 Å². The molecular formula is C15H25N5O3. The van der Waals surface area contributed by atoms with Crippen LogP contribution in [0.1, 0.15) is 30.9 Å². The van der Waals surface area contributed by atoms with Gasteiger partial charge in [-0.15, -0.1) is 0 Å². The maximum Gasteiger partial charge on any atom is 0.315 e. The van der Waals surface area contributed by atoms with Gasteiger partial charge in [-0.05, 0) is 26.2 Å². The number of methoxy groups -OCH3 is 1. The summed E-state index contributed by atoms with van der Waals surface area (Å²) in [6, 6.07) is -0.0673. The van der Waals surface area contributed by atoms with Crippen LogP contribution >= 0.6 is 0 Å². The van der Waals surface area contributed by atoms with Gasteiger partial charge in [0.2, 0.25) is 0 Å². The number of nitrogens with one attached hydrogen (secondary N) is 2. The number of fused-ring (bicyclic) bond motifs is 1. The molecule has 8 nitrogen and oxygen atoms in total. The Morgan fingerprint density at radius 1 is 1.57 bits per heavy atom. The lowest BCUT2D eigenvalue weighted by Crippen LogP contribution is -2.56. The normalized spacial score (nSPS) is 26.8. The van der Waals surface area contributed by atoms with Crippen molar-refractivity contribution in [2.24, 2.45) is 0 Å². The molecule has 128 valence electrons. The van der Waals surface area contributed by atoms with Gasteiger partial charge in [0.15, 0.2) is 0 Å². The highest BCUT2D eigenvalue weighted by molar-refractivity contribution is 5.75. The van der Waals surface area contributed by atoms with Crippen molar-refractivity contribution in [1.82, 2.24) is 25.4 Å². The summed E-state index contributed by atoms with van der Waals surface area (Å²) in [4.78, 5) is 16.8. The van der Waals surface area contributed by atoms with Gasteiger partial charge >= 0.3 is 6.03 Å². The Labute approximate surface area is 135 Å². The molecule has 0 radical (unpaired) electrons. The second-order valence-corrected chi connectivity index (χ2v) is 6.42. The van der Waals surface area contributed by atoms with E-state index in [2.05, 4.69) is 20.7 Å². The van der Waals surface area contributed by atoms with E-state index in [0.717, 1.165) is 37.3 Å². The van der Waals surface area contributed by atoms with Crippen molar-refractivity contribution < 1.29 is 14.3 Å². The highest BCUT2D eigenvalue weighted by Crippen LogP contribution is 2.22. The molecule has 2 atom stereocenters. The minimum Gasteiger partial charge on any atom is -0.385 e. The van der Waals surface area contributed by atoms with Gasteiger partial charge in [-0.25, -0.2) is 14.5 Å². The van der Waals surface area contributed by atoms with E-state index in [1.165, 1.54) is 0 Å². The van der Waals surface area contributed by atoms with Crippen molar-refractivity contribution in [1.29, 1.82) is 0 Å². The summed E-state index contributed by atoms with van der Waals surface area (Å²) in [6.45, 7) is 4.38. The highest BCUT2D eigenvalue weighted by Gasteiger charge is 2.36. The van der Waals surface area contributed by atoms with Crippen LogP contribution in [0.2, 0.25) is 0 Å². The number of carbonyl (C=O) groups excluding carboxylic acids is 1. The number of aromatic nitrogens is 3. The Balaban J connectivity index is 1.55. The molecule has 1 aromatic rings. The molecule has 3 heterocycles. The maximum absolute atomic E-state index is 12.4. The molecule has 3 rings (SSSR count). The van der Waals surface area contributed by atoms with E-state index in [4.69, 9.17) is 9.47 Å². The summed E-state index contributed by atoms with van der Waals surface area (Å²) in [5.41, 5.74) is -0.316. The van der Waals surface area contributed by atoms with Crippen molar-refractivity contribution in [3.05, 3.63) is 11.6 Å². The smallest absolute Gasteiger partial charge is 0.315 e. The lowest BCUT2D eigenvalue weighted by Gasteiger charge is -2.30. The summed E-state index contributed by atoms with van der Waals surface area (Å²) >= 11 is 0. The summed E-state index contributed by atoms with van der Waals surface area (Å²) in [7, 11) is 1.67. The zero-order valence-corrected chi connectivity index (χ0v) is 13.8. The molecule has 2 unspecified atom stereocenters. The summed E-state index contributed by atoms with van der Waals surface area (Å²) in [6.07, 6.45) is 3.30. The van der Waals surface area contributed by atoms with Crippen LogP contribution in [0, 0.1) is 6.92 Å². The van der Waals surface area contributed by atoms with Crippen LogP contribution in [0.3, 0.4) is 0 Å². The number of ether oxygens (including phenoxy) is 2. The van der Waals surface area contributed by atoms with E-state index in [9.17, 15) is 4.79 Å². The quantitative estimate of drug-likeness (QED) is 0.818. The lowest BCUT2D eigenvalue weighted by atomic mass is 9.95. The highest BCUT2D eigenvalue weighted by atomic mass is 16.5. The number of hydrogen-bond donors (Lipinski definition) is 2. The average molecular weight is 323 g/mol. The van der Waals surface area contributed by atoms with E-state index in [1.807, 2.05) is 11.6 Å². The molecule has 0 aliphatic carbocycles. The molecule has 0 spiro atoms. The molecule has 0 aromatic carbocycles. The summed E-state index contributed by atoms with van der Waals surface area (Å²) in [5, 5.41) is 10.5. The lowest BCUT2D eigenvalue weighted by molar-refractivity contribution is 0.129. The van der Waals surface area contributed by atoms with Crippen LogP contribution in [0.5, 0.6) is 0 Å². The number of nitrogens with zero attached hydrogens (tertiary/aromatic N) is 3. The van der Waals surface area contributed by atoms with E-state index in [0.29, 0.717) is 26.4 Å². The van der Waals surface area contributed by atoms with Gasteiger partial charge in [-0.2, -0.15) is 5.10 Å². The molecular weight excluding hydrogens is 298 g/mol. The standard InChI is InChI=1S/C15H25N5O3/c1-11-16-13-4-3-12(9-20(13)19-11)17-14(21)18-15(5-7-22-2)6-8-23-10-15/h12H,3-10H2,1-2H3,(H2,17,18,21). The second kappa shape index (κ2) is 6.84. The molecule has 1 fully saturated rings. The number of hydrogen-bond acceptors (Lipinski definition) is 5. The third kappa shape index (κ3) is 3.81. The predicted octanol–water partition coefficient (Wildman–Crippen LogP) is 0.396. The van der Waals surface area contributed by atoms with Gasteiger partial charge in [0.05, 0.1) is 24.7 Å². The second-order valence-electron chi connectivity index (χ2n) is 6.42. The van der Waals surface area contributed by atoms with Crippen LogP contribution in [0.4, 0.5) is 4.79 Å². The first-order valence-corrected chi connectivity index (χ1v) is 8.16. The minimum absolute atomic E-state index is 0.0744. The molecule has 2 aliphatic rings. The third-order valence-corrected chi connectivity index (χ3v) is 4.57. The van der Waals surface area contributed by atoms with Crippen molar-refractivity contribution in [3.63, 3.8) is 0 Å². The van der Waals surface area contributed by atoms with Gasteiger partial charge in [0.25, 0.3) is 0 Å². The topological polar surface area (TPSA) is 90.3 Å². The summed E-state index contributed by atoms with van der Waals surface area (Å²) < 4.78 is 12.5.